The minimum Gasteiger partial charge on any atom is -0.507 e. The van der Waals surface area contributed by atoms with Crippen LogP contribution in [0.15, 0.2) is 49.3 Å². The number of piperidine rings is 1. The molecule has 4 atom stereocenters. The van der Waals surface area contributed by atoms with Gasteiger partial charge in [-0.1, -0.05) is 6.58 Å². The van der Waals surface area contributed by atoms with Crippen molar-refractivity contribution in [3.05, 3.63) is 55.0 Å². The van der Waals surface area contributed by atoms with Crippen LogP contribution in [0.25, 0.3) is 27.6 Å². The summed E-state index contributed by atoms with van der Waals surface area (Å²) in [4.78, 5) is 4.07. The second kappa shape index (κ2) is 6.59. The first-order chi connectivity index (χ1) is 13.9. The van der Waals surface area contributed by atoms with Crippen LogP contribution in [0.5, 0.6) is 5.75 Å². The van der Waals surface area contributed by atoms with Gasteiger partial charge in [0.15, 0.2) is 0 Å². The molecule has 2 fully saturated rings. The highest BCUT2D eigenvalue weighted by atomic mass is 19.1. The van der Waals surface area contributed by atoms with E-state index >= 15 is 0 Å². The van der Waals surface area contributed by atoms with Crippen LogP contribution >= 0.6 is 0 Å². The van der Waals surface area contributed by atoms with E-state index < -0.39 is 6.17 Å². The van der Waals surface area contributed by atoms with Crippen molar-refractivity contribution in [3.63, 3.8) is 0 Å². The van der Waals surface area contributed by atoms with Gasteiger partial charge in [-0.15, -0.1) is 5.10 Å². The van der Waals surface area contributed by atoms with E-state index in [-0.39, 0.29) is 23.2 Å². The lowest BCUT2D eigenvalue weighted by atomic mass is 9.78. The van der Waals surface area contributed by atoms with Crippen LogP contribution in [0.4, 0.5) is 4.39 Å². The SMILES string of the molecule is C=C(c1ccc(-c2cc3ccncc3cc2O)nn1)[C@H]1C[C@]2(C)CC[C@@H](N2)[C@H]1F. The minimum absolute atomic E-state index is 0.0278. The molecule has 0 aliphatic carbocycles. The highest BCUT2D eigenvalue weighted by Crippen LogP contribution is 2.44. The first-order valence-corrected chi connectivity index (χ1v) is 9.95. The average Bonchev–Trinajstić information content (AvgIpc) is 3.07. The molecule has 5 rings (SSSR count). The van der Waals surface area contributed by atoms with E-state index in [1.807, 2.05) is 18.2 Å². The number of hydrogen-bond donors (Lipinski definition) is 2. The van der Waals surface area contributed by atoms with Crippen LogP contribution in [-0.2, 0) is 0 Å². The second-order valence-corrected chi connectivity index (χ2v) is 8.53. The molecule has 0 unspecified atom stereocenters. The van der Waals surface area contributed by atoms with Gasteiger partial charge in [0.25, 0.3) is 0 Å². The highest BCUT2D eigenvalue weighted by Gasteiger charge is 2.49. The summed E-state index contributed by atoms with van der Waals surface area (Å²) < 4.78 is 15.0. The zero-order valence-electron chi connectivity index (χ0n) is 16.3. The third kappa shape index (κ3) is 3.08. The summed E-state index contributed by atoms with van der Waals surface area (Å²) in [7, 11) is 0. The summed E-state index contributed by atoms with van der Waals surface area (Å²) in [5, 5.41) is 24.3. The third-order valence-electron chi connectivity index (χ3n) is 6.45. The van der Waals surface area contributed by atoms with Crippen molar-refractivity contribution in [1.29, 1.82) is 0 Å². The molecule has 2 aliphatic heterocycles. The molecule has 6 heteroatoms. The molecular formula is C23H23FN4O. The first-order valence-electron chi connectivity index (χ1n) is 9.95. The monoisotopic (exact) mass is 390 g/mol. The van der Waals surface area contributed by atoms with Crippen molar-refractivity contribution >= 4 is 16.3 Å². The zero-order valence-corrected chi connectivity index (χ0v) is 16.3. The van der Waals surface area contributed by atoms with Crippen molar-refractivity contribution < 1.29 is 9.50 Å². The lowest BCUT2D eigenvalue weighted by Gasteiger charge is -2.39. The van der Waals surface area contributed by atoms with E-state index in [2.05, 4.69) is 34.0 Å². The van der Waals surface area contributed by atoms with Crippen molar-refractivity contribution in [2.75, 3.05) is 0 Å². The molecule has 0 radical (unpaired) electrons. The first kappa shape index (κ1) is 18.2. The van der Waals surface area contributed by atoms with Gasteiger partial charge in [-0.3, -0.25) is 4.98 Å². The molecule has 5 nitrogen and oxygen atoms in total. The summed E-state index contributed by atoms with van der Waals surface area (Å²) in [5.41, 5.74) is 2.44. The Kier molecular flexibility index (Phi) is 4.13. The molecule has 2 aliphatic rings. The van der Waals surface area contributed by atoms with Crippen LogP contribution in [0.3, 0.4) is 0 Å². The average molecular weight is 390 g/mol. The zero-order chi connectivity index (χ0) is 20.2. The quantitative estimate of drug-likeness (QED) is 0.699. The van der Waals surface area contributed by atoms with Crippen LogP contribution in [0, 0.1) is 5.92 Å². The number of fused-ring (bicyclic) bond motifs is 3. The smallest absolute Gasteiger partial charge is 0.125 e. The summed E-state index contributed by atoms with van der Waals surface area (Å²) in [6.45, 7) is 6.32. The van der Waals surface area contributed by atoms with Gasteiger partial charge < -0.3 is 10.4 Å². The van der Waals surface area contributed by atoms with E-state index in [4.69, 9.17) is 0 Å². The van der Waals surface area contributed by atoms with E-state index in [9.17, 15) is 9.50 Å². The molecule has 0 saturated carbocycles. The lowest BCUT2D eigenvalue weighted by molar-refractivity contribution is 0.135. The Morgan fingerprint density at radius 2 is 2.10 bits per heavy atom. The largest absolute Gasteiger partial charge is 0.507 e. The maximum atomic E-state index is 15.0. The Hall–Kier alpha value is -2.86. The Morgan fingerprint density at radius 1 is 1.24 bits per heavy atom. The van der Waals surface area contributed by atoms with Crippen molar-refractivity contribution in [2.45, 2.75) is 43.9 Å². The Morgan fingerprint density at radius 3 is 2.90 bits per heavy atom. The van der Waals surface area contributed by atoms with Gasteiger partial charge in [-0.25, -0.2) is 4.39 Å². The van der Waals surface area contributed by atoms with Crippen molar-refractivity contribution in [1.82, 2.24) is 20.5 Å². The summed E-state index contributed by atoms with van der Waals surface area (Å²) in [6, 6.07) is 8.95. The fourth-order valence-electron chi connectivity index (χ4n) is 4.83. The van der Waals surface area contributed by atoms with E-state index in [1.54, 1.807) is 24.5 Å². The molecule has 2 saturated heterocycles. The van der Waals surface area contributed by atoms with E-state index in [1.165, 1.54) is 0 Å². The molecule has 148 valence electrons. The molecule has 0 amide bonds. The van der Waals surface area contributed by atoms with Gasteiger partial charge in [0.05, 0.1) is 11.4 Å². The molecule has 2 aromatic heterocycles. The Balaban J connectivity index is 1.43. The molecule has 4 heterocycles. The molecular weight excluding hydrogens is 367 g/mol. The van der Waals surface area contributed by atoms with Crippen molar-refractivity contribution in [2.24, 2.45) is 5.92 Å². The van der Waals surface area contributed by atoms with Gasteiger partial charge in [-0.05, 0) is 67.5 Å². The highest BCUT2D eigenvalue weighted by molar-refractivity contribution is 5.89. The van der Waals surface area contributed by atoms with Gasteiger partial charge in [-0.2, -0.15) is 5.10 Å². The number of aromatic hydroxyl groups is 1. The van der Waals surface area contributed by atoms with Gasteiger partial charge in [0.1, 0.15) is 11.9 Å². The number of benzene rings is 1. The minimum atomic E-state index is -0.960. The maximum Gasteiger partial charge on any atom is 0.125 e. The van der Waals surface area contributed by atoms with Crippen molar-refractivity contribution in [3.8, 4) is 17.0 Å². The number of phenolic OH excluding ortho intramolecular Hbond substituents is 1. The summed E-state index contributed by atoms with van der Waals surface area (Å²) in [6.07, 6.45) is 5.02. The Bertz CT molecular complexity index is 1100. The fraction of sp³-hybridized carbons (Fsp3) is 0.348. The fourth-order valence-corrected chi connectivity index (χ4v) is 4.83. The third-order valence-corrected chi connectivity index (χ3v) is 6.45. The molecule has 2 bridgehead atoms. The number of alkyl halides is 1. The molecule has 0 spiro atoms. The Labute approximate surface area is 168 Å². The van der Waals surface area contributed by atoms with E-state index in [0.29, 0.717) is 28.9 Å². The number of nitrogens with one attached hydrogen (secondary N) is 1. The number of halogens is 1. The number of rotatable bonds is 3. The van der Waals surface area contributed by atoms with Crippen LogP contribution in [-0.4, -0.2) is 38.0 Å². The predicted molar refractivity (Wildman–Crippen MR) is 111 cm³/mol. The number of phenols is 1. The topological polar surface area (TPSA) is 70.9 Å². The standard InChI is InChI=1S/C23H23FN4O/c1-13(17-11-23(2)7-5-20(26-23)22(17)24)18-3-4-19(28-27-18)16-9-14-6-8-25-12-15(14)10-21(16)29/h3-4,6,8-10,12,17,20,22,26,29H,1,5,7,11H2,2H3/t17-,20-,22+,23+/m1/s1. The predicted octanol–water partition coefficient (Wildman–Crippen LogP) is 4.28. The molecule has 2 N–H and O–H groups in total. The normalized spacial score (nSPS) is 28.6. The van der Waals surface area contributed by atoms with Crippen LogP contribution < -0.4 is 5.32 Å². The number of hydrogen-bond acceptors (Lipinski definition) is 5. The number of aromatic nitrogens is 3. The number of nitrogens with zero attached hydrogens (tertiary/aromatic N) is 3. The van der Waals surface area contributed by atoms with Gasteiger partial charge in [0.2, 0.25) is 0 Å². The maximum absolute atomic E-state index is 15.0. The molecule has 29 heavy (non-hydrogen) atoms. The number of allylic oxidation sites excluding steroid dienone is 1. The summed E-state index contributed by atoms with van der Waals surface area (Å²) >= 11 is 0. The van der Waals surface area contributed by atoms with Gasteiger partial charge in [0, 0.05) is 40.8 Å². The van der Waals surface area contributed by atoms with Crippen LogP contribution in [0.2, 0.25) is 0 Å². The summed E-state index contributed by atoms with van der Waals surface area (Å²) in [5.74, 6) is -0.131. The molecule has 1 aromatic carbocycles. The molecule has 3 aromatic rings. The second-order valence-electron chi connectivity index (χ2n) is 8.53. The van der Waals surface area contributed by atoms with Crippen LogP contribution in [0.1, 0.15) is 31.9 Å². The van der Waals surface area contributed by atoms with Gasteiger partial charge >= 0.3 is 0 Å². The van der Waals surface area contributed by atoms with E-state index in [0.717, 1.165) is 23.6 Å². The lowest BCUT2D eigenvalue weighted by Crippen LogP contribution is -2.53. The number of pyridine rings is 1.